The lowest BCUT2D eigenvalue weighted by Gasteiger charge is -2.25. The third kappa shape index (κ3) is 6.41. The number of hydrogen-bond donors (Lipinski definition) is 2. The fourth-order valence-electron chi connectivity index (χ4n) is 3.09. The van der Waals surface area contributed by atoms with Gasteiger partial charge in [0.05, 0.1) is 12.2 Å². The van der Waals surface area contributed by atoms with E-state index in [4.69, 9.17) is 4.42 Å². The largest absolute Gasteiger partial charge is 0.444 e. The first kappa shape index (κ1) is 25.1. The van der Waals surface area contributed by atoms with E-state index in [0.717, 1.165) is 35.6 Å². The second-order valence-corrected chi connectivity index (χ2v) is 10.3. The van der Waals surface area contributed by atoms with Gasteiger partial charge in [0.25, 0.3) is 10.0 Å². The van der Waals surface area contributed by atoms with Gasteiger partial charge < -0.3 is 15.1 Å². The van der Waals surface area contributed by atoms with Gasteiger partial charge in [0, 0.05) is 24.5 Å². The highest BCUT2D eigenvalue weighted by Crippen LogP contribution is 2.27. The number of hydrogen-bond acceptors (Lipinski definition) is 6. The average molecular weight is 568 g/mol. The molecule has 1 fully saturated rings. The number of nitrogens with one attached hydrogen (secondary N) is 2. The Morgan fingerprint density at radius 2 is 1.97 bits per heavy atom. The van der Waals surface area contributed by atoms with Gasteiger partial charge in [0.2, 0.25) is 5.89 Å². The second kappa shape index (κ2) is 11.4. The SMILES string of the molecule is CCNC(=NCc1nc(C)c(C)o1)NCc1ccc(S(=O)(=O)N2CCCCC2)s1.I. The van der Waals surface area contributed by atoms with Gasteiger partial charge in [-0.05, 0) is 45.7 Å². The highest BCUT2D eigenvalue weighted by atomic mass is 127. The van der Waals surface area contributed by atoms with Crippen LogP contribution in [0, 0.1) is 13.8 Å². The Balaban J connectivity index is 0.00000320. The van der Waals surface area contributed by atoms with E-state index in [1.165, 1.54) is 11.3 Å². The maximum atomic E-state index is 12.8. The first-order chi connectivity index (χ1) is 13.9. The van der Waals surface area contributed by atoms with Crippen LogP contribution in [0.5, 0.6) is 0 Å². The highest BCUT2D eigenvalue weighted by Gasteiger charge is 2.27. The number of guanidine groups is 1. The molecular formula is C19H30IN5O3S2. The van der Waals surface area contributed by atoms with Crippen molar-refractivity contribution in [1.82, 2.24) is 19.9 Å². The number of aryl methyl sites for hydroxylation is 2. The summed E-state index contributed by atoms with van der Waals surface area (Å²) in [5.41, 5.74) is 0.870. The molecule has 0 bridgehead atoms. The summed E-state index contributed by atoms with van der Waals surface area (Å²) in [7, 11) is -3.38. The van der Waals surface area contributed by atoms with E-state index in [2.05, 4.69) is 20.6 Å². The second-order valence-electron chi connectivity index (χ2n) is 6.98. The monoisotopic (exact) mass is 567 g/mol. The van der Waals surface area contributed by atoms with Crippen molar-refractivity contribution in [3.8, 4) is 0 Å². The van der Waals surface area contributed by atoms with E-state index < -0.39 is 10.0 Å². The van der Waals surface area contributed by atoms with Crippen LogP contribution in [0.25, 0.3) is 0 Å². The molecule has 30 heavy (non-hydrogen) atoms. The molecule has 168 valence electrons. The van der Waals surface area contributed by atoms with Gasteiger partial charge in [-0.3, -0.25) is 0 Å². The molecule has 0 aromatic carbocycles. The topological polar surface area (TPSA) is 99.8 Å². The summed E-state index contributed by atoms with van der Waals surface area (Å²) in [4.78, 5) is 9.77. The van der Waals surface area contributed by atoms with Crippen LogP contribution in [0.15, 0.2) is 25.8 Å². The fourth-order valence-corrected chi connectivity index (χ4v) is 6.06. The minimum atomic E-state index is -3.38. The Bertz CT molecular complexity index is 930. The highest BCUT2D eigenvalue weighted by molar-refractivity contribution is 14.0. The molecule has 0 atom stereocenters. The van der Waals surface area contributed by atoms with Gasteiger partial charge in [-0.1, -0.05) is 6.42 Å². The van der Waals surface area contributed by atoms with Crippen LogP contribution in [0.3, 0.4) is 0 Å². The number of nitrogens with zero attached hydrogens (tertiary/aromatic N) is 3. The Labute approximate surface area is 199 Å². The predicted octanol–water partition coefficient (Wildman–Crippen LogP) is 3.40. The number of rotatable bonds is 7. The van der Waals surface area contributed by atoms with Gasteiger partial charge in [-0.25, -0.2) is 18.4 Å². The molecule has 3 heterocycles. The van der Waals surface area contributed by atoms with Crippen LogP contribution in [0.2, 0.25) is 0 Å². The maximum Gasteiger partial charge on any atom is 0.252 e. The van der Waals surface area contributed by atoms with E-state index in [0.29, 0.717) is 48.8 Å². The van der Waals surface area contributed by atoms with Gasteiger partial charge >= 0.3 is 0 Å². The standard InChI is InChI=1S/C19H29N5O3S2.HI/c1-4-20-19(22-13-17-23-14(2)15(3)27-17)21-12-16-8-9-18(28-16)29(25,26)24-10-6-5-7-11-24;/h8-9H,4-7,10-13H2,1-3H3,(H2,20,21,22);1H. The van der Waals surface area contributed by atoms with Crippen molar-refractivity contribution in [2.45, 2.75) is 57.3 Å². The number of thiophene rings is 1. The summed E-state index contributed by atoms with van der Waals surface area (Å²) in [6.07, 6.45) is 2.97. The Kier molecular flexibility index (Phi) is 9.57. The third-order valence-corrected chi connectivity index (χ3v) is 8.22. The van der Waals surface area contributed by atoms with Crippen molar-refractivity contribution in [3.05, 3.63) is 34.4 Å². The van der Waals surface area contributed by atoms with Gasteiger partial charge in [0.1, 0.15) is 16.5 Å². The van der Waals surface area contributed by atoms with Crippen LogP contribution >= 0.6 is 35.3 Å². The molecule has 0 aliphatic carbocycles. The van der Waals surface area contributed by atoms with Crippen molar-refractivity contribution in [3.63, 3.8) is 0 Å². The van der Waals surface area contributed by atoms with Crippen molar-refractivity contribution in [2.24, 2.45) is 4.99 Å². The molecule has 0 amide bonds. The van der Waals surface area contributed by atoms with E-state index in [-0.39, 0.29) is 24.0 Å². The molecule has 1 aliphatic rings. The van der Waals surface area contributed by atoms with Crippen LogP contribution in [-0.2, 0) is 23.1 Å². The van der Waals surface area contributed by atoms with Gasteiger partial charge in [-0.15, -0.1) is 35.3 Å². The molecule has 0 spiro atoms. The van der Waals surface area contributed by atoms with Gasteiger partial charge in [0.15, 0.2) is 5.96 Å². The minimum Gasteiger partial charge on any atom is -0.444 e. The molecule has 2 N–H and O–H groups in total. The number of aromatic nitrogens is 1. The number of piperidine rings is 1. The molecule has 0 radical (unpaired) electrons. The van der Waals surface area contributed by atoms with Crippen LogP contribution in [-0.4, -0.2) is 43.3 Å². The minimum absolute atomic E-state index is 0. The summed E-state index contributed by atoms with van der Waals surface area (Å²) < 4.78 is 33.2. The maximum absolute atomic E-state index is 12.8. The normalized spacial score (nSPS) is 15.6. The summed E-state index contributed by atoms with van der Waals surface area (Å²) in [6.45, 7) is 8.56. The fraction of sp³-hybridized carbons (Fsp3) is 0.579. The zero-order valence-corrected chi connectivity index (χ0v) is 21.6. The molecule has 3 rings (SSSR count). The molecule has 2 aromatic rings. The van der Waals surface area contributed by atoms with Crippen LogP contribution in [0.1, 0.15) is 48.4 Å². The smallest absolute Gasteiger partial charge is 0.252 e. The summed E-state index contributed by atoms with van der Waals surface area (Å²) in [6, 6.07) is 3.56. The lowest BCUT2D eigenvalue weighted by Crippen LogP contribution is -2.36. The molecule has 1 aliphatic heterocycles. The Morgan fingerprint density at radius 1 is 1.23 bits per heavy atom. The average Bonchev–Trinajstić information content (AvgIpc) is 3.32. The molecule has 8 nitrogen and oxygen atoms in total. The quantitative estimate of drug-likeness (QED) is 0.302. The van der Waals surface area contributed by atoms with Gasteiger partial charge in [-0.2, -0.15) is 4.31 Å². The molecule has 2 aromatic heterocycles. The predicted molar refractivity (Wildman–Crippen MR) is 130 cm³/mol. The molecular weight excluding hydrogens is 537 g/mol. The van der Waals surface area contributed by atoms with Crippen molar-refractivity contribution >= 4 is 51.3 Å². The first-order valence-corrected chi connectivity index (χ1v) is 12.2. The third-order valence-electron chi connectivity index (χ3n) is 4.77. The van der Waals surface area contributed by atoms with E-state index in [9.17, 15) is 8.42 Å². The molecule has 1 saturated heterocycles. The van der Waals surface area contributed by atoms with Crippen molar-refractivity contribution in [1.29, 1.82) is 0 Å². The molecule has 0 unspecified atom stereocenters. The van der Waals surface area contributed by atoms with E-state index in [1.807, 2.05) is 26.8 Å². The number of sulfonamides is 1. The van der Waals surface area contributed by atoms with Crippen LogP contribution < -0.4 is 10.6 Å². The first-order valence-electron chi connectivity index (χ1n) is 9.94. The van der Waals surface area contributed by atoms with E-state index >= 15 is 0 Å². The zero-order valence-electron chi connectivity index (χ0n) is 17.6. The Hall–Kier alpha value is -1.18. The Morgan fingerprint density at radius 3 is 2.60 bits per heavy atom. The summed E-state index contributed by atoms with van der Waals surface area (Å²) >= 11 is 1.31. The summed E-state index contributed by atoms with van der Waals surface area (Å²) in [5, 5.41) is 6.43. The lowest BCUT2D eigenvalue weighted by atomic mass is 10.2. The number of oxazole rings is 1. The van der Waals surface area contributed by atoms with Crippen molar-refractivity contribution in [2.75, 3.05) is 19.6 Å². The number of halogens is 1. The lowest BCUT2D eigenvalue weighted by molar-refractivity contribution is 0.347. The molecule has 11 heteroatoms. The molecule has 0 saturated carbocycles. The zero-order chi connectivity index (χ0) is 20.9. The van der Waals surface area contributed by atoms with E-state index in [1.54, 1.807) is 10.4 Å². The number of aliphatic imine (C=N–C) groups is 1. The van der Waals surface area contributed by atoms with Crippen molar-refractivity contribution < 1.29 is 12.8 Å². The van der Waals surface area contributed by atoms with Crippen LogP contribution in [0.4, 0.5) is 0 Å². The summed E-state index contributed by atoms with van der Waals surface area (Å²) in [5.74, 6) is 2.01.